The molecule has 1 amide bonds. The lowest BCUT2D eigenvalue weighted by atomic mass is 9.49. The number of aromatic hydroxyl groups is 1. The molecular weight excluding hydrogens is 520 g/mol. The second-order valence-electron chi connectivity index (χ2n) is 11.9. The van der Waals surface area contributed by atoms with Crippen molar-refractivity contribution in [1.82, 2.24) is 4.90 Å². The van der Waals surface area contributed by atoms with Crippen LogP contribution in [0.5, 0.6) is 5.75 Å². The molecule has 0 spiro atoms. The monoisotopic (exact) mass is 554 g/mol. The number of phenols is 1. The van der Waals surface area contributed by atoms with Gasteiger partial charge >= 0.3 is 5.97 Å². The smallest absolute Gasteiger partial charge is 0.309 e. The van der Waals surface area contributed by atoms with Crippen LogP contribution >= 0.6 is 0 Å². The Morgan fingerprint density at radius 3 is 2.30 bits per heavy atom. The minimum atomic E-state index is -3.02. The van der Waals surface area contributed by atoms with E-state index in [1.807, 2.05) is 0 Å². The van der Waals surface area contributed by atoms with Crippen molar-refractivity contribution in [1.29, 1.82) is 0 Å². The number of carbonyl (C=O) groups is 6. The van der Waals surface area contributed by atoms with E-state index in [9.17, 15) is 39.0 Å². The molecule has 0 radical (unpaired) electrons. The Labute approximate surface area is 231 Å². The molecule has 0 bridgehead atoms. The average molecular weight is 555 g/mol. The largest absolute Gasteiger partial charge is 0.507 e. The lowest BCUT2D eigenvalue weighted by Gasteiger charge is -2.56. The van der Waals surface area contributed by atoms with Gasteiger partial charge in [-0.15, -0.1) is 0 Å². The molecule has 1 aromatic rings. The van der Waals surface area contributed by atoms with Gasteiger partial charge in [0.2, 0.25) is 5.91 Å². The van der Waals surface area contributed by atoms with Gasteiger partial charge in [-0.25, -0.2) is 0 Å². The van der Waals surface area contributed by atoms with E-state index in [0.717, 1.165) is 19.3 Å². The number of amides is 1. The summed E-state index contributed by atoms with van der Waals surface area (Å²) in [5.74, 6) is -14.1. The number of rotatable bonds is 4. The van der Waals surface area contributed by atoms with Crippen LogP contribution in [0.3, 0.4) is 0 Å². The summed E-state index contributed by atoms with van der Waals surface area (Å²) < 4.78 is 6.11. The van der Waals surface area contributed by atoms with Crippen molar-refractivity contribution in [3.8, 4) is 5.75 Å². The number of aliphatic hydroxyl groups is 1. The van der Waals surface area contributed by atoms with Crippen LogP contribution in [0.2, 0.25) is 0 Å². The maximum atomic E-state index is 14.2. The van der Waals surface area contributed by atoms with E-state index in [4.69, 9.17) is 10.5 Å². The van der Waals surface area contributed by atoms with Crippen molar-refractivity contribution >= 4 is 35.0 Å². The van der Waals surface area contributed by atoms with Crippen LogP contribution in [0.25, 0.3) is 0 Å². The molecule has 3 fully saturated rings. The second-order valence-corrected chi connectivity index (χ2v) is 11.9. The maximum absolute atomic E-state index is 14.2. The molecule has 1 aromatic carbocycles. The van der Waals surface area contributed by atoms with Gasteiger partial charge in [-0.3, -0.25) is 33.7 Å². The third-order valence-corrected chi connectivity index (χ3v) is 9.52. The summed E-state index contributed by atoms with van der Waals surface area (Å²) in [4.78, 5) is 82.5. The SMILES string of the molecule is C[C@H]1c2cccc(O)c2C(=O)C2C(=O)[C@]3(O)C(=O)C(C(N)=O)C(=O)[C@@H](N(C)C)[C@@H]3[C@@H](OC(=O)C3CCCCC3)[C@@H]21. The van der Waals surface area contributed by atoms with Crippen LogP contribution in [0, 0.1) is 29.6 Å². The molecule has 5 rings (SSSR count). The van der Waals surface area contributed by atoms with Crippen molar-refractivity contribution in [3.05, 3.63) is 29.3 Å². The predicted molar refractivity (Wildman–Crippen MR) is 138 cm³/mol. The first-order valence-corrected chi connectivity index (χ1v) is 13.7. The van der Waals surface area contributed by atoms with Crippen molar-refractivity contribution < 1.29 is 43.7 Å². The van der Waals surface area contributed by atoms with E-state index >= 15 is 0 Å². The first-order chi connectivity index (χ1) is 18.8. The molecule has 4 N–H and O–H groups in total. The molecule has 11 heteroatoms. The average Bonchev–Trinajstić information content (AvgIpc) is 2.90. The van der Waals surface area contributed by atoms with E-state index < -0.39 is 88.3 Å². The molecule has 214 valence electrons. The highest BCUT2D eigenvalue weighted by molar-refractivity contribution is 6.32. The summed E-state index contributed by atoms with van der Waals surface area (Å²) in [6, 6.07) is 3.08. The van der Waals surface area contributed by atoms with Gasteiger partial charge in [-0.2, -0.15) is 0 Å². The minimum absolute atomic E-state index is 0.112. The fourth-order valence-corrected chi connectivity index (χ4v) is 7.63. The fourth-order valence-electron chi connectivity index (χ4n) is 7.63. The Balaban J connectivity index is 1.73. The molecule has 4 aliphatic carbocycles. The summed E-state index contributed by atoms with van der Waals surface area (Å²) in [7, 11) is 2.96. The van der Waals surface area contributed by atoms with Crippen molar-refractivity contribution in [2.24, 2.45) is 35.3 Å². The number of fused-ring (bicyclic) bond motifs is 3. The van der Waals surface area contributed by atoms with Gasteiger partial charge in [-0.1, -0.05) is 38.3 Å². The van der Waals surface area contributed by atoms with Gasteiger partial charge < -0.3 is 20.7 Å². The normalized spacial score (nSPS) is 36.1. The van der Waals surface area contributed by atoms with Gasteiger partial charge in [0.05, 0.1) is 29.4 Å². The van der Waals surface area contributed by atoms with E-state index in [0.29, 0.717) is 18.4 Å². The molecule has 0 aromatic heterocycles. The Hall–Kier alpha value is -3.44. The quantitative estimate of drug-likeness (QED) is 0.351. The third kappa shape index (κ3) is 3.85. The Bertz CT molecular complexity index is 1320. The number of nitrogens with zero attached hydrogens (tertiary/aromatic N) is 1. The first-order valence-electron chi connectivity index (χ1n) is 13.7. The minimum Gasteiger partial charge on any atom is -0.507 e. The van der Waals surface area contributed by atoms with E-state index in [1.165, 1.54) is 25.1 Å². The zero-order valence-electron chi connectivity index (χ0n) is 22.7. The predicted octanol–water partition coefficient (Wildman–Crippen LogP) is 0.530. The lowest BCUT2D eigenvalue weighted by molar-refractivity contribution is -0.207. The van der Waals surface area contributed by atoms with Crippen molar-refractivity contribution in [2.45, 2.75) is 62.7 Å². The molecule has 2 unspecified atom stereocenters. The van der Waals surface area contributed by atoms with Crippen LogP contribution in [-0.4, -0.2) is 82.0 Å². The number of phenolic OH excluding ortho intramolecular Hbond substituents is 1. The maximum Gasteiger partial charge on any atom is 0.309 e. The van der Waals surface area contributed by atoms with Gasteiger partial charge in [0, 0.05) is 5.92 Å². The zero-order valence-corrected chi connectivity index (χ0v) is 22.7. The summed E-state index contributed by atoms with van der Waals surface area (Å²) in [5, 5.41) is 22.6. The van der Waals surface area contributed by atoms with Crippen LogP contribution < -0.4 is 5.73 Å². The summed E-state index contributed by atoms with van der Waals surface area (Å²) >= 11 is 0. The second kappa shape index (κ2) is 9.88. The van der Waals surface area contributed by atoms with E-state index in [2.05, 4.69) is 0 Å². The number of primary amides is 1. The zero-order chi connectivity index (χ0) is 29.3. The Morgan fingerprint density at radius 1 is 1.05 bits per heavy atom. The molecule has 11 nitrogen and oxygen atoms in total. The van der Waals surface area contributed by atoms with E-state index in [-0.39, 0.29) is 11.3 Å². The Kier molecular flexibility index (Phi) is 6.94. The number of ketones is 4. The van der Waals surface area contributed by atoms with E-state index in [1.54, 1.807) is 19.1 Å². The van der Waals surface area contributed by atoms with Gasteiger partial charge in [0.25, 0.3) is 0 Å². The van der Waals surface area contributed by atoms with Crippen molar-refractivity contribution in [2.75, 3.05) is 14.1 Å². The summed E-state index contributed by atoms with van der Waals surface area (Å²) in [5.41, 5.74) is 2.70. The molecule has 40 heavy (non-hydrogen) atoms. The van der Waals surface area contributed by atoms with Gasteiger partial charge in [0.1, 0.15) is 11.9 Å². The highest BCUT2D eigenvalue weighted by Crippen LogP contribution is 2.55. The number of hydrogen-bond acceptors (Lipinski definition) is 10. The number of ether oxygens (including phenoxy) is 1. The number of esters is 1. The number of nitrogens with two attached hydrogens (primary N) is 1. The van der Waals surface area contributed by atoms with Crippen LogP contribution in [0.1, 0.15) is 60.9 Å². The molecule has 0 heterocycles. The number of likely N-dealkylation sites (N-methyl/N-ethyl adjacent to an activating group) is 1. The highest BCUT2D eigenvalue weighted by Gasteiger charge is 2.74. The number of carbonyl (C=O) groups excluding carboxylic acids is 6. The van der Waals surface area contributed by atoms with Crippen LogP contribution in [0.15, 0.2) is 18.2 Å². The molecule has 0 saturated heterocycles. The highest BCUT2D eigenvalue weighted by atomic mass is 16.5. The number of hydrogen-bond donors (Lipinski definition) is 3. The number of benzene rings is 1. The number of Topliss-reactive ketones (excluding diaryl/α,β-unsaturated/α-hetero) is 4. The van der Waals surface area contributed by atoms with Gasteiger partial charge in [0.15, 0.2) is 34.7 Å². The molecule has 8 atom stereocenters. The summed E-state index contributed by atoms with van der Waals surface area (Å²) in [6.45, 7) is 1.71. The molecule has 3 saturated carbocycles. The third-order valence-electron chi connectivity index (χ3n) is 9.52. The standard InChI is InChI=1S/C29H34N2O9/c1-12-14-10-7-11-15(32)17(14)22(33)18-16(12)24(40-28(38)13-8-5-4-6-9-13)20-21(31(2)3)23(34)19(27(30)37)26(36)29(20,39)25(18)35/h7,10-13,16,18-21,24,32,39H,4-6,8-9H2,1-3H3,(H2,30,37)/t12-,16+,18?,19?,20+,21-,24-,29-/m0/s1. The van der Waals surface area contributed by atoms with Crippen molar-refractivity contribution in [3.63, 3.8) is 0 Å². The first kappa shape index (κ1) is 28.1. The Morgan fingerprint density at radius 2 is 1.70 bits per heavy atom. The van der Waals surface area contributed by atoms with Gasteiger partial charge in [-0.05, 0) is 44.5 Å². The lowest BCUT2D eigenvalue weighted by Crippen LogP contribution is -2.78. The summed E-state index contributed by atoms with van der Waals surface area (Å²) in [6.07, 6.45) is 2.36. The van der Waals surface area contributed by atoms with Crippen LogP contribution in [-0.2, 0) is 28.7 Å². The molecular formula is C29H34N2O9. The topological polar surface area (TPSA) is 181 Å². The molecule has 4 aliphatic rings. The van der Waals surface area contributed by atoms with Crippen LogP contribution in [0.4, 0.5) is 0 Å². The fraction of sp³-hybridized carbons (Fsp3) is 0.586. The molecule has 0 aliphatic heterocycles.